The Labute approximate surface area is 118 Å². The van der Waals surface area contributed by atoms with E-state index in [0.717, 1.165) is 25.1 Å². The van der Waals surface area contributed by atoms with E-state index in [-0.39, 0.29) is 5.69 Å². The molecule has 6 nitrogen and oxygen atoms in total. The molecule has 20 heavy (non-hydrogen) atoms. The average molecular weight is 279 g/mol. The van der Waals surface area contributed by atoms with Crippen molar-refractivity contribution in [2.75, 3.05) is 18.5 Å². The summed E-state index contributed by atoms with van der Waals surface area (Å²) < 4.78 is 5.39. The topological polar surface area (TPSA) is 76.4 Å². The van der Waals surface area contributed by atoms with Crippen LogP contribution in [-0.4, -0.2) is 30.2 Å². The Morgan fingerprint density at radius 2 is 2.30 bits per heavy atom. The van der Waals surface area contributed by atoms with Crippen LogP contribution in [0, 0.1) is 10.1 Å². The molecule has 2 unspecified atom stereocenters. The van der Waals surface area contributed by atoms with Crippen molar-refractivity contribution >= 4 is 11.4 Å². The molecule has 0 aromatic heterocycles. The summed E-state index contributed by atoms with van der Waals surface area (Å²) in [7, 11) is 0. The highest BCUT2D eigenvalue weighted by molar-refractivity contribution is 5.56. The van der Waals surface area contributed by atoms with E-state index in [4.69, 9.17) is 4.74 Å². The summed E-state index contributed by atoms with van der Waals surface area (Å²) in [5.74, 6) is 0.534. The molecule has 1 aliphatic rings. The quantitative estimate of drug-likeness (QED) is 0.640. The number of nitro benzene ring substituents is 1. The zero-order valence-electron chi connectivity index (χ0n) is 11.9. The summed E-state index contributed by atoms with van der Waals surface area (Å²) in [5.41, 5.74) is 0.808. The van der Waals surface area contributed by atoms with E-state index in [1.54, 1.807) is 6.07 Å². The van der Waals surface area contributed by atoms with Crippen LogP contribution in [-0.2, 0) is 0 Å². The van der Waals surface area contributed by atoms with Crippen molar-refractivity contribution in [3.05, 3.63) is 28.3 Å². The zero-order valence-corrected chi connectivity index (χ0v) is 11.9. The van der Waals surface area contributed by atoms with Crippen LogP contribution in [0.3, 0.4) is 0 Å². The lowest BCUT2D eigenvalue weighted by molar-refractivity contribution is -0.384. The van der Waals surface area contributed by atoms with Gasteiger partial charge >= 0.3 is 0 Å². The van der Waals surface area contributed by atoms with Crippen LogP contribution in [0.1, 0.15) is 26.7 Å². The minimum absolute atomic E-state index is 0.0560. The van der Waals surface area contributed by atoms with Gasteiger partial charge in [-0.05, 0) is 33.2 Å². The highest BCUT2D eigenvalue weighted by Crippen LogP contribution is 2.27. The van der Waals surface area contributed by atoms with E-state index >= 15 is 0 Å². The van der Waals surface area contributed by atoms with Crippen LogP contribution < -0.4 is 15.4 Å². The van der Waals surface area contributed by atoms with Crippen LogP contribution in [0.25, 0.3) is 0 Å². The Morgan fingerprint density at radius 3 is 2.95 bits per heavy atom. The third-order valence-electron chi connectivity index (χ3n) is 3.41. The fourth-order valence-corrected chi connectivity index (χ4v) is 2.52. The second-order valence-electron chi connectivity index (χ2n) is 5.13. The first-order valence-electron chi connectivity index (χ1n) is 7.00. The van der Waals surface area contributed by atoms with Gasteiger partial charge in [-0.3, -0.25) is 10.1 Å². The second kappa shape index (κ2) is 6.56. The molecule has 6 heteroatoms. The molecule has 1 aromatic carbocycles. The summed E-state index contributed by atoms with van der Waals surface area (Å²) in [6.07, 6.45) is 2.02. The average Bonchev–Trinajstić information content (AvgIpc) is 2.38. The number of nitro groups is 1. The largest absolute Gasteiger partial charge is 0.494 e. The Bertz CT molecular complexity index is 479. The zero-order chi connectivity index (χ0) is 14.5. The Hall–Kier alpha value is -1.82. The van der Waals surface area contributed by atoms with Gasteiger partial charge in [0.2, 0.25) is 0 Å². The van der Waals surface area contributed by atoms with Gasteiger partial charge < -0.3 is 15.4 Å². The molecule has 1 saturated heterocycles. The first kappa shape index (κ1) is 14.6. The van der Waals surface area contributed by atoms with Crippen molar-refractivity contribution in [2.24, 2.45) is 0 Å². The number of ether oxygens (including phenoxy) is 1. The third kappa shape index (κ3) is 3.84. The molecular weight excluding hydrogens is 258 g/mol. The van der Waals surface area contributed by atoms with Crippen LogP contribution in [0.4, 0.5) is 11.4 Å². The fourth-order valence-electron chi connectivity index (χ4n) is 2.52. The summed E-state index contributed by atoms with van der Waals surface area (Å²) in [5, 5.41) is 17.7. The monoisotopic (exact) mass is 279 g/mol. The molecule has 0 radical (unpaired) electrons. The summed E-state index contributed by atoms with van der Waals surface area (Å²) in [6.45, 7) is 5.46. The number of benzene rings is 1. The Morgan fingerprint density at radius 1 is 1.50 bits per heavy atom. The van der Waals surface area contributed by atoms with Crippen LogP contribution in [0.2, 0.25) is 0 Å². The molecule has 2 rings (SSSR count). The van der Waals surface area contributed by atoms with Crippen LogP contribution in [0.15, 0.2) is 18.2 Å². The highest BCUT2D eigenvalue weighted by Gasteiger charge is 2.19. The number of nitrogens with one attached hydrogen (secondary N) is 2. The standard InChI is InChI=1S/C14H21N3O3/c1-3-20-14-8-12(7-13(9-14)17(18)19)16-11-4-5-15-10(2)6-11/h7-11,15-16H,3-6H2,1-2H3. The van der Waals surface area contributed by atoms with Crippen molar-refractivity contribution in [3.63, 3.8) is 0 Å². The molecule has 2 atom stereocenters. The van der Waals surface area contributed by atoms with E-state index in [0.29, 0.717) is 24.4 Å². The molecule has 0 saturated carbocycles. The van der Waals surface area contributed by atoms with E-state index in [1.165, 1.54) is 6.07 Å². The molecule has 1 aliphatic heterocycles. The number of non-ortho nitro benzene ring substituents is 1. The molecule has 0 bridgehead atoms. The van der Waals surface area contributed by atoms with Crippen molar-refractivity contribution in [2.45, 2.75) is 38.8 Å². The first-order valence-corrected chi connectivity index (χ1v) is 7.00. The van der Waals surface area contributed by atoms with Crippen molar-refractivity contribution < 1.29 is 9.66 Å². The fraction of sp³-hybridized carbons (Fsp3) is 0.571. The van der Waals surface area contributed by atoms with Gasteiger partial charge in [-0.25, -0.2) is 0 Å². The summed E-state index contributed by atoms with van der Waals surface area (Å²) in [6, 6.07) is 5.65. The van der Waals surface area contributed by atoms with Gasteiger partial charge in [0, 0.05) is 29.9 Å². The predicted octanol–water partition coefficient (Wildman–Crippen LogP) is 2.55. The Balaban J connectivity index is 2.14. The molecule has 0 aliphatic carbocycles. The van der Waals surface area contributed by atoms with Gasteiger partial charge in [-0.1, -0.05) is 0 Å². The number of piperidine rings is 1. The Kier molecular flexibility index (Phi) is 4.79. The maximum absolute atomic E-state index is 11.0. The van der Waals surface area contributed by atoms with Crippen molar-refractivity contribution in [1.29, 1.82) is 0 Å². The van der Waals surface area contributed by atoms with E-state index in [9.17, 15) is 10.1 Å². The number of rotatable bonds is 5. The second-order valence-corrected chi connectivity index (χ2v) is 5.13. The van der Waals surface area contributed by atoms with Gasteiger partial charge in [0.05, 0.1) is 17.6 Å². The van der Waals surface area contributed by atoms with E-state index in [2.05, 4.69) is 17.6 Å². The number of anilines is 1. The number of nitrogens with zero attached hydrogens (tertiary/aromatic N) is 1. The van der Waals surface area contributed by atoms with Gasteiger partial charge in [-0.15, -0.1) is 0 Å². The summed E-state index contributed by atoms with van der Waals surface area (Å²) in [4.78, 5) is 10.6. The molecular formula is C14H21N3O3. The molecule has 0 spiro atoms. The lowest BCUT2D eigenvalue weighted by atomic mass is 10.0. The van der Waals surface area contributed by atoms with E-state index in [1.807, 2.05) is 13.0 Å². The minimum Gasteiger partial charge on any atom is -0.494 e. The SMILES string of the molecule is CCOc1cc(NC2CCNC(C)C2)cc([N+](=O)[O-])c1. The van der Waals surface area contributed by atoms with Gasteiger partial charge in [0.25, 0.3) is 5.69 Å². The lowest BCUT2D eigenvalue weighted by Crippen LogP contribution is -2.41. The molecule has 2 N–H and O–H groups in total. The van der Waals surface area contributed by atoms with Crippen LogP contribution in [0.5, 0.6) is 5.75 Å². The molecule has 110 valence electrons. The normalized spacial score (nSPS) is 22.3. The predicted molar refractivity (Wildman–Crippen MR) is 78.4 cm³/mol. The molecule has 0 amide bonds. The number of hydrogen-bond acceptors (Lipinski definition) is 5. The number of hydrogen-bond donors (Lipinski definition) is 2. The van der Waals surface area contributed by atoms with Gasteiger partial charge in [0.1, 0.15) is 5.75 Å². The maximum atomic E-state index is 11.0. The minimum atomic E-state index is -0.390. The highest BCUT2D eigenvalue weighted by atomic mass is 16.6. The maximum Gasteiger partial charge on any atom is 0.275 e. The smallest absolute Gasteiger partial charge is 0.275 e. The lowest BCUT2D eigenvalue weighted by Gasteiger charge is -2.29. The first-order chi connectivity index (χ1) is 9.58. The summed E-state index contributed by atoms with van der Waals surface area (Å²) >= 11 is 0. The molecule has 1 aromatic rings. The van der Waals surface area contributed by atoms with Crippen molar-refractivity contribution in [3.8, 4) is 5.75 Å². The van der Waals surface area contributed by atoms with Crippen molar-refractivity contribution in [1.82, 2.24) is 5.32 Å². The molecule has 1 fully saturated rings. The van der Waals surface area contributed by atoms with E-state index < -0.39 is 4.92 Å². The van der Waals surface area contributed by atoms with Gasteiger partial charge in [-0.2, -0.15) is 0 Å². The van der Waals surface area contributed by atoms with Crippen LogP contribution >= 0.6 is 0 Å². The third-order valence-corrected chi connectivity index (χ3v) is 3.41. The molecule has 1 heterocycles. The van der Waals surface area contributed by atoms with Gasteiger partial charge in [0.15, 0.2) is 0 Å².